The van der Waals surface area contributed by atoms with Gasteiger partial charge in [-0.2, -0.15) is 0 Å². The summed E-state index contributed by atoms with van der Waals surface area (Å²) in [7, 11) is 0. The Balaban J connectivity index is 0.00000196. The summed E-state index contributed by atoms with van der Waals surface area (Å²) in [5.41, 5.74) is 2.43. The molecule has 3 aliphatic heterocycles. The molecule has 2 saturated heterocycles. The molecule has 144 valence electrons. The lowest BCUT2D eigenvalue weighted by Gasteiger charge is -2.37. The van der Waals surface area contributed by atoms with Crippen molar-refractivity contribution in [2.75, 3.05) is 63.8 Å². The average Bonchev–Trinajstić information content (AvgIpc) is 3.08. The van der Waals surface area contributed by atoms with Gasteiger partial charge in [0.15, 0.2) is 0 Å². The first-order valence-corrected chi connectivity index (χ1v) is 9.83. The molecule has 0 saturated carbocycles. The Hall–Kier alpha value is -1.14. The van der Waals surface area contributed by atoms with Gasteiger partial charge in [-0.1, -0.05) is 18.2 Å². The summed E-state index contributed by atoms with van der Waals surface area (Å²) >= 11 is 0. The van der Waals surface area contributed by atoms with E-state index in [1.807, 2.05) is 11.0 Å². The SMILES string of the molecule is Cl.O=C(CN1CCN(CC2CCNCC2)CC1)N1CCc2ccccc21. The first-order chi connectivity index (χ1) is 12.3. The van der Waals surface area contributed by atoms with Crippen molar-refractivity contribution in [2.24, 2.45) is 5.92 Å². The molecular weight excluding hydrogens is 348 g/mol. The number of fused-ring (bicyclic) bond motifs is 1. The minimum atomic E-state index is 0. The van der Waals surface area contributed by atoms with Gasteiger partial charge in [0.05, 0.1) is 6.54 Å². The first kappa shape index (κ1) is 19.6. The van der Waals surface area contributed by atoms with Crippen molar-refractivity contribution in [3.05, 3.63) is 29.8 Å². The minimum absolute atomic E-state index is 0. The van der Waals surface area contributed by atoms with E-state index in [9.17, 15) is 4.79 Å². The molecule has 4 rings (SSSR count). The van der Waals surface area contributed by atoms with Crippen LogP contribution in [0.5, 0.6) is 0 Å². The third kappa shape index (κ3) is 4.58. The Morgan fingerprint density at radius 2 is 1.69 bits per heavy atom. The number of piperazine rings is 1. The molecule has 3 aliphatic rings. The zero-order valence-corrected chi connectivity index (χ0v) is 16.3. The smallest absolute Gasteiger partial charge is 0.241 e. The van der Waals surface area contributed by atoms with Crippen LogP contribution in [0.15, 0.2) is 24.3 Å². The fourth-order valence-corrected chi connectivity index (χ4v) is 4.43. The van der Waals surface area contributed by atoms with E-state index in [4.69, 9.17) is 0 Å². The molecular formula is C20H31ClN4O. The van der Waals surface area contributed by atoms with Crippen LogP contribution >= 0.6 is 12.4 Å². The number of carbonyl (C=O) groups is 1. The zero-order chi connectivity index (χ0) is 17.1. The Morgan fingerprint density at radius 3 is 2.46 bits per heavy atom. The molecule has 5 nitrogen and oxygen atoms in total. The number of carbonyl (C=O) groups excluding carboxylic acids is 1. The van der Waals surface area contributed by atoms with Crippen molar-refractivity contribution >= 4 is 24.0 Å². The highest BCUT2D eigenvalue weighted by molar-refractivity contribution is 5.96. The number of anilines is 1. The van der Waals surface area contributed by atoms with Crippen molar-refractivity contribution in [1.29, 1.82) is 0 Å². The molecule has 1 N–H and O–H groups in total. The average molecular weight is 379 g/mol. The van der Waals surface area contributed by atoms with E-state index in [2.05, 4.69) is 33.3 Å². The number of para-hydroxylation sites is 1. The summed E-state index contributed by atoms with van der Waals surface area (Å²) in [5.74, 6) is 1.12. The summed E-state index contributed by atoms with van der Waals surface area (Å²) in [6.45, 7) is 9.25. The number of nitrogens with one attached hydrogen (secondary N) is 1. The largest absolute Gasteiger partial charge is 0.317 e. The second kappa shape index (κ2) is 9.18. The quantitative estimate of drug-likeness (QED) is 0.864. The fourth-order valence-electron chi connectivity index (χ4n) is 4.43. The van der Waals surface area contributed by atoms with Gasteiger partial charge in [0.25, 0.3) is 0 Å². The van der Waals surface area contributed by atoms with Crippen molar-refractivity contribution in [3.8, 4) is 0 Å². The second-order valence-electron chi connectivity index (χ2n) is 7.69. The number of nitrogens with zero attached hydrogens (tertiary/aromatic N) is 3. The summed E-state index contributed by atoms with van der Waals surface area (Å²) in [5, 5.41) is 3.45. The molecule has 1 aromatic carbocycles. The summed E-state index contributed by atoms with van der Waals surface area (Å²) < 4.78 is 0. The number of halogens is 1. The van der Waals surface area contributed by atoms with Gasteiger partial charge in [-0.15, -0.1) is 12.4 Å². The van der Waals surface area contributed by atoms with E-state index in [0.717, 1.165) is 50.7 Å². The summed E-state index contributed by atoms with van der Waals surface area (Å²) in [4.78, 5) is 19.7. The third-order valence-electron chi connectivity index (χ3n) is 5.99. The van der Waals surface area contributed by atoms with E-state index in [1.165, 1.54) is 38.0 Å². The summed E-state index contributed by atoms with van der Waals surface area (Å²) in [6.07, 6.45) is 3.62. The van der Waals surface area contributed by atoms with Crippen molar-refractivity contribution in [3.63, 3.8) is 0 Å². The monoisotopic (exact) mass is 378 g/mol. The van der Waals surface area contributed by atoms with E-state index in [1.54, 1.807) is 0 Å². The van der Waals surface area contributed by atoms with Crippen LogP contribution in [0.3, 0.4) is 0 Å². The van der Waals surface area contributed by atoms with Gasteiger partial charge < -0.3 is 15.1 Å². The van der Waals surface area contributed by atoms with Gasteiger partial charge >= 0.3 is 0 Å². The normalized spacial score (nSPS) is 22.1. The van der Waals surface area contributed by atoms with E-state index in [-0.39, 0.29) is 18.3 Å². The Bertz CT molecular complexity index is 597. The lowest BCUT2D eigenvalue weighted by molar-refractivity contribution is -0.120. The lowest BCUT2D eigenvalue weighted by Crippen LogP contribution is -2.51. The van der Waals surface area contributed by atoms with Crippen LogP contribution in [-0.4, -0.2) is 74.6 Å². The molecule has 0 aliphatic carbocycles. The molecule has 26 heavy (non-hydrogen) atoms. The van der Waals surface area contributed by atoms with E-state index < -0.39 is 0 Å². The molecule has 2 fully saturated rings. The van der Waals surface area contributed by atoms with Crippen molar-refractivity contribution in [2.45, 2.75) is 19.3 Å². The third-order valence-corrected chi connectivity index (χ3v) is 5.99. The molecule has 1 amide bonds. The maximum Gasteiger partial charge on any atom is 0.241 e. The van der Waals surface area contributed by atoms with Gasteiger partial charge in [0, 0.05) is 45.0 Å². The standard InChI is InChI=1S/C20H30N4O.ClH/c25-20(24-10-7-18-3-1-2-4-19(18)24)16-23-13-11-22(12-14-23)15-17-5-8-21-9-6-17;/h1-4,17,21H,5-16H2;1H. The molecule has 0 atom stereocenters. The fraction of sp³-hybridized carbons (Fsp3) is 0.650. The van der Waals surface area contributed by atoms with E-state index >= 15 is 0 Å². The highest BCUT2D eigenvalue weighted by Gasteiger charge is 2.27. The van der Waals surface area contributed by atoms with Crippen LogP contribution < -0.4 is 10.2 Å². The molecule has 0 bridgehead atoms. The maximum absolute atomic E-state index is 12.7. The van der Waals surface area contributed by atoms with Crippen molar-refractivity contribution < 1.29 is 4.79 Å². The molecule has 0 unspecified atom stereocenters. The number of rotatable bonds is 4. The van der Waals surface area contributed by atoms with Gasteiger partial charge in [-0.3, -0.25) is 9.69 Å². The number of hydrogen-bond donors (Lipinski definition) is 1. The molecule has 3 heterocycles. The number of benzene rings is 1. The van der Waals surface area contributed by atoms with Crippen LogP contribution in [-0.2, 0) is 11.2 Å². The molecule has 6 heteroatoms. The predicted octanol–water partition coefficient (Wildman–Crippen LogP) is 1.61. The molecule has 1 aromatic rings. The molecule has 0 radical (unpaired) electrons. The number of amides is 1. The topological polar surface area (TPSA) is 38.8 Å². The number of hydrogen-bond acceptors (Lipinski definition) is 4. The Morgan fingerprint density at radius 1 is 1.00 bits per heavy atom. The number of piperidine rings is 1. The Labute approximate surface area is 163 Å². The highest BCUT2D eigenvalue weighted by atomic mass is 35.5. The van der Waals surface area contributed by atoms with Crippen LogP contribution in [0.2, 0.25) is 0 Å². The van der Waals surface area contributed by atoms with Crippen LogP contribution in [0, 0.1) is 5.92 Å². The van der Waals surface area contributed by atoms with Gasteiger partial charge in [-0.25, -0.2) is 0 Å². The van der Waals surface area contributed by atoms with E-state index in [0.29, 0.717) is 6.54 Å². The minimum Gasteiger partial charge on any atom is -0.317 e. The molecule has 0 aromatic heterocycles. The van der Waals surface area contributed by atoms with Gasteiger partial charge in [-0.05, 0) is 49.9 Å². The molecule has 0 spiro atoms. The lowest BCUT2D eigenvalue weighted by atomic mass is 9.97. The Kier molecular flexibility index (Phi) is 6.92. The second-order valence-corrected chi connectivity index (χ2v) is 7.69. The zero-order valence-electron chi connectivity index (χ0n) is 15.5. The first-order valence-electron chi connectivity index (χ1n) is 9.83. The maximum atomic E-state index is 12.7. The van der Waals surface area contributed by atoms with Gasteiger partial charge in [0.1, 0.15) is 0 Å². The van der Waals surface area contributed by atoms with Gasteiger partial charge in [0.2, 0.25) is 5.91 Å². The summed E-state index contributed by atoms with van der Waals surface area (Å²) in [6, 6.07) is 8.32. The van der Waals surface area contributed by atoms with Crippen LogP contribution in [0.25, 0.3) is 0 Å². The van der Waals surface area contributed by atoms with Crippen LogP contribution in [0.4, 0.5) is 5.69 Å². The van der Waals surface area contributed by atoms with Crippen LogP contribution in [0.1, 0.15) is 18.4 Å². The highest BCUT2D eigenvalue weighted by Crippen LogP contribution is 2.27. The predicted molar refractivity (Wildman–Crippen MR) is 108 cm³/mol. The van der Waals surface area contributed by atoms with Crippen molar-refractivity contribution in [1.82, 2.24) is 15.1 Å².